The minimum Gasteiger partial charge on any atom is -0.399 e. The molecule has 0 aromatic heterocycles. The molecule has 2 aromatic carbocycles. The molecular weight excluding hydrogens is 371 g/mol. The summed E-state index contributed by atoms with van der Waals surface area (Å²) < 4.78 is 1.10. The number of nitrogens with two attached hydrogens (primary N) is 1. The molecule has 0 aliphatic carbocycles. The highest BCUT2D eigenvalue weighted by Crippen LogP contribution is 2.20. The van der Waals surface area contributed by atoms with Crippen LogP contribution in [0.1, 0.15) is 0 Å². The molecule has 5 heteroatoms. The van der Waals surface area contributed by atoms with Gasteiger partial charge in [0.1, 0.15) is 0 Å². The first-order valence-corrected chi connectivity index (χ1v) is 7.74. The van der Waals surface area contributed by atoms with E-state index in [-0.39, 0.29) is 5.91 Å². The van der Waals surface area contributed by atoms with Crippen molar-refractivity contribution in [3.05, 3.63) is 52.1 Å². The molecule has 0 saturated carbocycles. The van der Waals surface area contributed by atoms with E-state index in [0.717, 1.165) is 14.2 Å². The van der Waals surface area contributed by atoms with E-state index in [1.54, 1.807) is 0 Å². The maximum absolute atomic E-state index is 11.8. The molecule has 0 radical (unpaired) electrons. The molecule has 0 bridgehead atoms. The quantitative estimate of drug-likeness (QED) is 0.481. The molecular formula is C14H13IN2OS. The number of thioether (sulfide) groups is 1. The predicted octanol–water partition coefficient (Wildman–Crippen LogP) is 3.60. The summed E-state index contributed by atoms with van der Waals surface area (Å²) in [5.74, 6) is 0.351. The summed E-state index contributed by atoms with van der Waals surface area (Å²) in [6, 6.07) is 15.2. The van der Waals surface area contributed by atoms with E-state index in [1.807, 2.05) is 48.5 Å². The Balaban J connectivity index is 1.88. The van der Waals surface area contributed by atoms with Gasteiger partial charge >= 0.3 is 0 Å². The Morgan fingerprint density at radius 1 is 1.21 bits per heavy atom. The van der Waals surface area contributed by atoms with Crippen molar-refractivity contribution in [2.45, 2.75) is 4.90 Å². The van der Waals surface area contributed by atoms with Crippen LogP contribution in [0.25, 0.3) is 0 Å². The molecule has 2 aromatic rings. The molecule has 19 heavy (non-hydrogen) atoms. The minimum atomic E-state index is -0.0191. The smallest absolute Gasteiger partial charge is 0.234 e. The Hall–Kier alpha value is -1.21. The van der Waals surface area contributed by atoms with Crippen molar-refractivity contribution in [3.8, 4) is 0 Å². The Labute approximate surface area is 130 Å². The molecule has 0 saturated heterocycles. The van der Waals surface area contributed by atoms with Gasteiger partial charge in [0, 0.05) is 19.8 Å². The lowest BCUT2D eigenvalue weighted by Gasteiger charge is -2.06. The molecule has 0 aliphatic heterocycles. The molecule has 0 fully saturated rings. The second kappa shape index (κ2) is 6.81. The Kier molecular flexibility index (Phi) is 5.09. The van der Waals surface area contributed by atoms with Crippen LogP contribution in [0.2, 0.25) is 0 Å². The zero-order valence-electron chi connectivity index (χ0n) is 10.1. The van der Waals surface area contributed by atoms with Crippen LogP contribution in [0.5, 0.6) is 0 Å². The van der Waals surface area contributed by atoms with Crippen LogP contribution in [-0.2, 0) is 4.79 Å². The van der Waals surface area contributed by atoms with Gasteiger partial charge in [-0.05, 0) is 59.0 Å². The first-order chi connectivity index (χ1) is 9.13. The fourth-order valence-electron chi connectivity index (χ4n) is 1.52. The van der Waals surface area contributed by atoms with E-state index >= 15 is 0 Å². The SMILES string of the molecule is Nc1cccc(SCC(=O)Nc2cccc(I)c2)c1. The second-order valence-electron chi connectivity index (χ2n) is 3.92. The Morgan fingerprint density at radius 2 is 2.00 bits per heavy atom. The highest BCUT2D eigenvalue weighted by atomic mass is 127. The monoisotopic (exact) mass is 384 g/mol. The maximum Gasteiger partial charge on any atom is 0.234 e. The third-order valence-corrected chi connectivity index (χ3v) is 4.00. The molecule has 1 amide bonds. The third-order valence-electron chi connectivity index (χ3n) is 2.34. The number of rotatable bonds is 4. The molecule has 98 valence electrons. The molecule has 0 unspecified atom stereocenters. The number of nitrogen functional groups attached to an aromatic ring is 1. The average molecular weight is 384 g/mol. The number of amides is 1. The molecule has 0 aliphatic rings. The van der Waals surface area contributed by atoms with Crippen LogP contribution in [0.3, 0.4) is 0 Å². The summed E-state index contributed by atoms with van der Waals surface area (Å²) in [4.78, 5) is 12.8. The second-order valence-corrected chi connectivity index (χ2v) is 6.21. The van der Waals surface area contributed by atoms with E-state index in [4.69, 9.17) is 5.73 Å². The number of hydrogen-bond acceptors (Lipinski definition) is 3. The summed E-state index contributed by atoms with van der Waals surface area (Å²) in [5, 5.41) is 2.87. The number of halogens is 1. The standard InChI is InChI=1S/C14H13IN2OS/c15-10-3-1-5-12(7-10)17-14(18)9-19-13-6-2-4-11(16)8-13/h1-8H,9,16H2,(H,17,18). The van der Waals surface area contributed by atoms with Crippen LogP contribution in [0.4, 0.5) is 11.4 Å². The van der Waals surface area contributed by atoms with Crippen molar-refractivity contribution in [3.63, 3.8) is 0 Å². The lowest BCUT2D eigenvalue weighted by Crippen LogP contribution is -2.13. The van der Waals surface area contributed by atoms with Gasteiger partial charge in [0.25, 0.3) is 0 Å². The maximum atomic E-state index is 11.8. The van der Waals surface area contributed by atoms with Crippen molar-refractivity contribution in [1.82, 2.24) is 0 Å². The summed E-state index contributed by atoms with van der Waals surface area (Å²) in [5.41, 5.74) is 7.23. The van der Waals surface area contributed by atoms with Gasteiger partial charge in [-0.25, -0.2) is 0 Å². The van der Waals surface area contributed by atoms with Gasteiger partial charge in [-0.1, -0.05) is 12.1 Å². The van der Waals surface area contributed by atoms with E-state index < -0.39 is 0 Å². The third kappa shape index (κ3) is 4.76. The molecule has 0 atom stereocenters. The normalized spacial score (nSPS) is 10.2. The number of anilines is 2. The number of hydrogen-bond donors (Lipinski definition) is 2. The number of carbonyl (C=O) groups excluding carboxylic acids is 1. The largest absolute Gasteiger partial charge is 0.399 e. The van der Waals surface area contributed by atoms with Gasteiger partial charge in [0.2, 0.25) is 5.91 Å². The van der Waals surface area contributed by atoms with E-state index in [2.05, 4.69) is 27.9 Å². The number of nitrogens with one attached hydrogen (secondary N) is 1. The fraction of sp³-hybridized carbons (Fsp3) is 0.0714. The molecule has 0 heterocycles. The predicted molar refractivity (Wildman–Crippen MR) is 89.4 cm³/mol. The van der Waals surface area contributed by atoms with E-state index in [9.17, 15) is 4.79 Å². The lowest BCUT2D eigenvalue weighted by atomic mass is 10.3. The summed E-state index contributed by atoms with van der Waals surface area (Å²) >= 11 is 3.69. The average Bonchev–Trinajstić information content (AvgIpc) is 2.36. The van der Waals surface area contributed by atoms with Gasteiger partial charge in [0.15, 0.2) is 0 Å². The number of benzene rings is 2. The van der Waals surface area contributed by atoms with Crippen LogP contribution < -0.4 is 11.1 Å². The van der Waals surface area contributed by atoms with Crippen molar-refractivity contribution >= 4 is 51.6 Å². The van der Waals surface area contributed by atoms with Gasteiger partial charge in [-0.15, -0.1) is 11.8 Å². The molecule has 3 N–H and O–H groups in total. The van der Waals surface area contributed by atoms with Gasteiger partial charge in [0.05, 0.1) is 5.75 Å². The van der Waals surface area contributed by atoms with Crippen molar-refractivity contribution in [2.24, 2.45) is 0 Å². The Morgan fingerprint density at radius 3 is 2.74 bits per heavy atom. The van der Waals surface area contributed by atoms with Crippen molar-refractivity contribution < 1.29 is 4.79 Å². The topological polar surface area (TPSA) is 55.1 Å². The van der Waals surface area contributed by atoms with Crippen LogP contribution >= 0.6 is 34.4 Å². The fourth-order valence-corrected chi connectivity index (χ4v) is 2.82. The van der Waals surface area contributed by atoms with Crippen LogP contribution in [-0.4, -0.2) is 11.7 Å². The molecule has 3 nitrogen and oxygen atoms in total. The lowest BCUT2D eigenvalue weighted by molar-refractivity contribution is -0.113. The molecule has 0 spiro atoms. The van der Waals surface area contributed by atoms with Crippen molar-refractivity contribution in [1.29, 1.82) is 0 Å². The van der Waals surface area contributed by atoms with Gasteiger partial charge in [-0.2, -0.15) is 0 Å². The summed E-state index contributed by atoms with van der Waals surface area (Å²) in [6.45, 7) is 0. The summed E-state index contributed by atoms with van der Waals surface area (Å²) in [6.07, 6.45) is 0. The van der Waals surface area contributed by atoms with E-state index in [0.29, 0.717) is 11.4 Å². The number of carbonyl (C=O) groups is 1. The zero-order chi connectivity index (χ0) is 13.7. The zero-order valence-corrected chi connectivity index (χ0v) is 13.1. The summed E-state index contributed by atoms with van der Waals surface area (Å²) in [7, 11) is 0. The molecule has 2 rings (SSSR count). The highest BCUT2D eigenvalue weighted by Gasteiger charge is 2.04. The van der Waals surface area contributed by atoms with Crippen LogP contribution in [0.15, 0.2) is 53.4 Å². The minimum absolute atomic E-state index is 0.0191. The van der Waals surface area contributed by atoms with Crippen LogP contribution in [0, 0.1) is 3.57 Å². The first-order valence-electron chi connectivity index (χ1n) is 5.67. The Bertz CT molecular complexity index is 589. The highest BCUT2D eigenvalue weighted by molar-refractivity contribution is 14.1. The van der Waals surface area contributed by atoms with Gasteiger partial charge in [-0.3, -0.25) is 4.79 Å². The van der Waals surface area contributed by atoms with E-state index in [1.165, 1.54) is 11.8 Å². The van der Waals surface area contributed by atoms with Crippen molar-refractivity contribution in [2.75, 3.05) is 16.8 Å². The first kappa shape index (κ1) is 14.2. The van der Waals surface area contributed by atoms with Gasteiger partial charge < -0.3 is 11.1 Å².